The Balaban J connectivity index is 1.71. The molecule has 102 valence electrons. The van der Waals surface area contributed by atoms with Crippen molar-refractivity contribution in [2.24, 2.45) is 5.10 Å². The molecule has 0 aliphatic carbocycles. The zero-order chi connectivity index (χ0) is 13.5. The molecule has 1 aromatic heterocycles. The fourth-order valence-corrected chi connectivity index (χ4v) is 2.25. The second kappa shape index (κ2) is 7.20. The fraction of sp³-hybridized carbons (Fsp3) is 0.500. The predicted molar refractivity (Wildman–Crippen MR) is 75.1 cm³/mol. The average molecular weight is 279 g/mol. The van der Waals surface area contributed by atoms with E-state index in [0.717, 1.165) is 31.6 Å². The molecule has 0 atom stereocenters. The van der Waals surface area contributed by atoms with E-state index in [-0.39, 0.29) is 11.7 Å². The van der Waals surface area contributed by atoms with E-state index in [4.69, 9.17) is 0 Å². The van der Waals surface area contributed by atoms with E-state index in [9.17, 15) is 4.79 Å². The number of hydrogen-bond acceptors (Lipinski definition) is 6. The van der Waals surface area contributed by atoms with Gasteiger partial charge in [-0.25, -0.2) is 15.4 Å². The number of hydrazone groups is 1. The van der Waals surface area contributed by atoms with Gasteiger partial charge in [-0.05, 0) is 13.1 Å². The summed E-state index contributed by atoms with van der Waals surface area (Å²) in [5.41, 5.74) is 3.65. The van der Waals surface area contributed by atoms with Crippen molar-refractivity contribution in [1.82, 2.24) is 20.3 Å². The van der Waals surface area contributed by atoms with Gasteiger partial charge < -0.3 is 4.90 Å². The number of nitrogens with one attached hydrogen (secondary N) is 1. The van der Waals surface area contributed by atoms with Gasteiger partial charge in [-0.15, -0.1) is 0 Å². The van der Waals surface area contributed by atoms with Gasteiger partial charge in [-0.2, -0.15) is 5.10 Å². The third-order valence-electron chi connectivity index (χ3n) is 2.78. The smallest absolute Gasteiger partial charge is 0.250 e. The van der Waals surface area contributed by atoms with Gasteiger partial charge in [0.25, 0.3) is 5.91 Å². The predicted octanol–water partition coefficient (Wildman–Crippen LogP) is 0.766. The van der Waals surface area contributed by atoms with Crippen molar-refractivity contribution in [2.45, 2.75) is 18.0 Å². The van der Waals surface area contributed by atoms with Crippen LogP contribution in [0.3, 0.4) is 0 Å². The van der Waals surface area contributed by atoms with Gasteiger partial charge in [0.15, 0.2) is 5.16 Å². The van der Waals surface area contributed by atoms with Gasteiger partial charge in [0.1, 0.15) is 0 Å². The second-order valence-electron chi connectivity index (χ2n) is 4.34. The standard InChI is InChI=1S/C12H17N5OS/c1-17-7-3-10(4-8-17)15-16-11(18)9-19-12-13-5-2-6-14-12/h2,5-6H,3-4,7-9H2,1H3,(H,16,18). The van der Waals surface area contributed by atoms with Crippen LogP contribution in [0.2, 0.25) is 0 Å². The van der Waals surface area contributed by atoms with E-state index in [2.05, 4.69) is 32.4 Å². The first kappa shape index (κ1) is 14.0. The lowest BCUT2D eigenvalue weighted by Gasteiger charge is -2.22. The Kier molecular flexibility index (Phi) is 5.29. The van der Waals surface area contributed by atoms with E-state index in [0.29, 0.717) is 5.16 Å². The molecule has 0 radical (unpaired) electrons. The Hall–Kier alpha value is -1.47. The number of nitrogens with zero attached hydrogens (tertiary/aromatic N) is 4. The molecule has 6 nitrogen and oxygen atoms in total. The van der Waals surface area contributed by atoms with E-state index in [1.54, 1.807) is 18.5 Å². The first-order valence-electron chi connectivity index (χ1n) is 6.16. The van der Waals surface area contributed by atoms with Crippen molar-refractivity contribution >= 4 is 23.4 Å². The molecule has 2 heterocycles. The normalized spacial score (nSPS) is 16.2. The van der Waals surface area contributed by atoms with Gasteiger partial charge in [0.2, 0.25) is 0 Å². The largest absolute Gasteiger partial charge is 0.306 e. The molecule has 1 aliphatic rings. The number of piperidine rings is 1. The van der Waals surface area contributed by atoms with Crippen LogP contribution in [0.15, 0.2) is 28.7 Å². The number of thioether (sulfide) groups is 1. The van der Waals surface area contributed by atoms with Crippen LogP contribution in [-0.2, 0) is 4.79 Å². The maximum Gasteiger partial charge on any atom is 0.250 e. The molecule has 7 heteroatoms. The lowest BCUT2D eigenvalue weighted by Crippen LogP contribution is -2.32. The number of aromatic nitrogens is 2. The summed E-state index contributed by atoms with van der Waals surface area (Å²) in [6.45, 7) is 2.00. The first-order valence-corrected chi connectivity index (χ1v) is 7.15. The molecular formula is C12H17N5OS. The van der Waals surface area contributed by atoms with Crippen LogP contribution in [-0.4, -0.2) is 52.4 Å². The van der Waals surface area contributed by atoms with Crippen LogP contribution >= 0.6 is 11.8 Å². The quantitative estimate of drug-likeness (QED) is 0.501. The molecule has 19 heavy (non-hydrogen) atoms. The van der Waals surface area contributed by atoms with Gasteiger partial charge in [-0.3, -0.25) is 4.79 Å². The summed E-state index contributed by atoms with van der Waals surface area (Å²) in [6, 6.07) is 1.75. The van der Waals surface area contributed by atoms with Crippen molar-refractivity contribution in [2.75, 3.05) is 25.9 Å². The Bertz CT molecular complexity index is 441. The minimum Gasteiger partial charge on any atom is -0.306 e. The first-order chi connectivity index (χ1) is 9.24. The van der Waals surface area contributed by atoms with Crippen molar-refractivity contribution in [3.8, 4) is 0 Å². The van der Waals surface area contributed by atoms with Gasteiger partial charge >= 0.3 is 0 Å². The molecule has 0 spiro atoms. The topological polar surface area (TPSA) is 70.5 Å². The van der Waals surface area contributed by atoms with Crippen molar-refractivity contribution < 1.29 is 4.79 Å². The molecule has 0 unspecified atom stereocenters. The highest BCUT2D eigenvalue weighted by molar-refractivity contribution is 7.99. The Morgan fingerprint density at radius 1 is 1.42 bits per heavy atom. The molecular weight excluding hydrogens is 262 g/mol. The number of hydrogen-bond donors (Lipinski definition) is 1. The average Bonchev–Trinajstić information content (AvgIpc) is 2.45. The summed E-state index contributed by atoms with van der Waals surface area (Å²) < 4.78 is 0. The van der Waals surface area contributed by atoms with Crippen LogP contribution in [0.4, 0.5) is 0 Å². The van der Waals surface area contributed by atoms with E-state index >= 15 is 0 Å². The maximum atomic E-state index is 11.6. The number of carbonyl (C=O) groups excluding carboxylic acids is 1. The number of rotatable bonds is 4. The lowest BCUT2D eigenvalue weighted by atomic mass is 10.1. The van der Waals surface area contributed by atoms with Crippen LogP contribution < -0.4 is 5.43 Å². The van der Waals surface area contributed by atoms with Crippen molar-refractivity contribution in [1.29, 1.82) is 0 Å². The Labute approximate surface area is 116 Å². The van der Waals surface area contributed by atoms with Crippen LogP contribution in [0.1, 0.15) is 12.8 Å². The molecule has 1 saturated heterocycles. The van der Waals surface area contributed by atoms with E-state index < -0.39 is 0 Å². The van der Waals surface area contributed by atoms with E-state index in [1.807, 2.05) is 0 Å². The SMILES string of the molecule is CN1CCC(=NNC(=O)CSc2ncccn2)CC1. The summed E-state index contributed by atoms with van der Waals surface area (Å²) >= 11 is 1.30. The third-order valence-corrected chi connectivity index (χ3v) is 3.65. The minimum atomic E-state index is -0.121. The van der Waals surface area contributed by atoms with Gasteiger partial charge in [-0.1, -0.05) is 11.8 Å². The zero-order valence-corrected chi connectivity index (χ0v) is 11.7. The molecule has 0 aromatic carbocycles. The maximum absolute atomic E-state index is 11.6. The van der Waals surface area contributed by atoms with Crippen molar-refractivity contribution in [3.05, 3.63) is 18.5 Å². The number of carbonyl (C=O) groups is 1. The lowest BCUT2D eigenvalue weighted by molar-refractivity contribution is -0.118. The number of amides is 1. The molecule has 1 aliphatic heterocycles. The van der Waals surface area contributed by atoms with Crippen LogP contribution in [0.5, 0.6) is 0 Å². The molecule has 1 amide bonds. The third kappa shape index (κ3) is 4.96. The summed E-state index contributed by atoms with van der Waals surface area (Å²) in [5.74, 6) is 0.157. The zero-order valence-electron chi connectivity index (χ0n) is 10.9. The summed E-state index contributed by atoms with van der Waals surface area (Å²) in [4.78, 5) is 22.0. The summed E-state index contributed by atoms with van der Waals surface area (Å²) in [7, 11) is 2.09. The fourth-order valence-electron chi connectivity index (χ4n) is 1.65. The molecule has 1 aromatic rings. The molecule has 0 saturated carbocycles. The Morgan fingerprint density at radius 3 is 2.79 bits per heavy atom. The minimum absolute atomic E-state index is 0.121. The number of likely N-dealkylation sites (tertiary alicyclic amines) is 1. The van der Waals surface area contributed by atoms with Gasteiger partial charge in [0.05, 0.1) is 5.75 Å². The summed E-state index contributed by atoms with van der Waals surface area (Å²) in [6.07, 6.45) is 5.16. The van der Waals surface area contributed by atoms with Crippen LogP contribution in [0, 0.1) is 0 Å². The van der Waals surface area contributed by atoms with Crippen LogP contribution in [0.25, 0.3) is 0 Å². The highest BCUT2D eigenvalue weighted by Crippen LogP contribution is 2.10. The molecule has 2 rings (SSSR count). The van der Waals surface area contributed by atoms with E-state index in [1.165, 1.54) is 11.8 Å². The monoisotopic (exact) mass is 279 g/mol. The molecule has 1 N–H and O–H groups in total. The molecule has 0 bridgehead atoms. The highest BCUT2D eigenvalue weighted by Gasteiger charge is 2.11. The highest BCUT2D eigenvalue weighted by atomic mass is 32.2. The summed E-state index contributed by atoms with van der Waals surface area (Å²) in [5, 5.41) is 4.77. The second-order valence-corrected chi connectivity index (χ2v) is 5.28. The molecule has 1 fully saturated rings. The van der Waals surface area contributed by atoms with Crippen molar-refractivity contribution in [3.63, 3.8) is 0 Å². The Morgan fingerprint density at radius 2 is 2.11 bits per heavy atom. The van der Waals surface area contributed by atoms with Gasteiger partial charge in [0, 0.05) is 44.0 Å².